The molecule has 1 heterocycles. The molecule has 1 saturated heterocycles. The molecule has 0 spiro atoms. The molecule has 1 N–H and O–H groups in total. The molecule has 2 aromatic rings. The fourth-order valence-electron chi connectivity index (χ4n) is 2.33. The van der Waals surface area contributed by atoms with E-state index in [-0.39, 0.29) is 18.3 Å². The molecule has 9 heteroatoms. The summed E-state index contributed by atoms with van der Waals surface area (Å²) in [5, 5.41) is 11.8. The van der Waals surface area contributed by atoms with Crippen LogP contribution in [0.4, 0.5) is 10.1 Å². The average Bonchev–Trinajstić information content (AvgIpc) is 3.01. The topological polar surface area (TPSA) is 83.7 Å². The standard InChI is InChI=1S/C19H13BrFN3O3S/c1-26-15-9-11(8-14(20)17(15)27-7-6-22)10-16-18(25)24-19(28-16)23-13-4-2-12(21)3-5-13/h2-5,8-10H,7H2,1H3,(H,23,24,25)/b16-10-. The smallest absolute Gasteiger partial charge is 0.264 e. The molecule has 28 heavy (non-hydrogen) atoms. The number of aliphatic imine (C=N–C) groups is 1. The molecule has 1 aliphatic heterocycles. The number of amidine groups is 1. The van der Waals surface area contributed by atoms with Gasteiger partial charge in [-0.15, -0.1) is 0 Å². The van der Waals surface area contributed by atoms with Crippen LogP contribution in [0.15, 0.2) is 50.8 Å². The zero-order valence-corrected chi connectivity index (χ0v) is 16.9. The lowest BCUT2D eigenvalue weighted by Gasteiger charge is -2.11. The van der Waals surface area contributed by atoms with Gasteiger partial charge in [0.05, 0.1) is 22.2 Å². The van der Waals surface area contributed by atoms with Gasteiger partial charge in [0.25, 0.3) is 5.91 Å². The van der Waals surface area contributed by atoms with E-state index in [1.54, 1.807) is 18.2 Å². The monoisotopic (exact) mass is 461 g/mol. The molecule has 2 aromatic carbocycles. The Balaban J connectivity index is 1.85. The molecule has 1 aliphatic rings. The minimum absolute atomic E-state index is 0.114. The normalized spacial score (nSPS) is 16.1. The number of amides is 1. The van der Waals surface area contributed by atoms with Crippen LogP contribution in [0.25, 0.3) is 6.08 Å². The first kappa shape index (κ1) is 19.9. The van der Waals surface area contributed by atoms with Crippen molar-refractivity contribution in [3.8, 4) is 17.6 Å². The first-order valence-corrected chi connectivity index (χ1v) is 9.53. The van der Waals surface area contributed by atoms with Gasteiger partial charge in [-0.2, -0.15) is 5.26 Å². The van der Waals surface area contributed by atoms with Gasteiger partial charge in [-0.3, -0.25) is 4.79 Å². The van der Waals surface area contributed by atoms with Gasteiger partial charge < -0.3 is 14.8 Å². The lowest BCUT2D eigenvalue weighted by atomic mass is 10.2. The third-order valence-electron chi connectivity index (χ3n) is 3.54. The number of carbonyl (C=O) groups excluding carboxylic acids is 1. The second kappa shape index (κ2) is 8.91. The Bertz CT molecular complexity index is 1020. The molecule has 6 nitrogen and oxygen atoms in total. The first-order chi connectivity index (χ1) is 13.5. The van der Waals surface area contributed by atoms with Crippen LogP contribution in [0.3, 0.4) is 0 Å². The van der Waals surface area contributed by atoms with Gasteiger partial charge in [0.2, 0.25) is 0 Å². The number of benzene rings is 2. The van der Waals surface area contributed by atoms with Crippen LogP contribution >= 0.6 is 27.7 Å². The molecule has 1 fully saturated rings. The van der Waals surface area contributed by atoms with Gasteiger partial charge in [0.15, 0.2) is 23.3 Å². The zero-order chi connectivity index (χ0) is 20.1. The Morgan fingerprint density at radius 1 is 1.36 bits per heavy atom. The number of carbonyl (C=O) groups is 1. The number of thioether (sulfide) groups is 1. The van der Waals surface area contributed by atoms with Crippen molar-refractivity contribution in [2.75, 3.05) is 13.7 Å². The molecule has 0 unspecified atom stereocenters. The highest BCUT2D eigenvalue weighted by atomic mass is 79.9. The van der Waals surface area contributed by atoms with Crippen LogP contribution in [-0.2, 0) is 4.79 Å². The minimum atomic E-state index is -0.352. The first-order valence-electron chi connectivity index (χ1n) is 7.92. The van der Waals surface area contributed by atoms with Gasteiger partial charge in [0.1, 0.15) is 11.9 Å². The SMILES string of the molecule is COc1cc(/C=C2\SC(=Nc3ccc(F)cc3)NC2=O)cc(Br)c1OCC#N. The second-order valence-corrected chi connectivity index (χ2v) is 7.32. The van der Waals surface area contributed by atoms with Gasteiger partial charge in [-0.05, 0) is 75.7 Å². The molecule has 0 atom stereocenters. The van der Waals surface area contributed by atoms with Gasteiger partial charge in [-0.25, -0.2) is 9.38 Å². The molecule has 0 radical (unpaired) electrons. The van der Waals surface area contributed by atoms with E-state index in [9.17, 15) is 9.18 Å². The third kappa shape index (κ3) is 4.71. The Morgan fingerprint density at radius 3 is 2.79 bits per heavy atom. The second-order valence-electron chi connectivity index (χ2n) is 5.44. The Hall–Kier alpha value is -2.83. The summed E-state index contributed by atoms with van der Waals surface area (Å²) in [5.41, 5.74) is 1.24. The Labute approximate surface area is 173 Å². The molecular weight excluding hydrogens is 449 g/mol. The highest BCUT2D eigenvalue weighted by molar-refractivity contribution is 9.10. The fourth-order valence-corrected chi connectivity index (χ4v) is 3.75. The summed E-state index contributed by atoms with van der Waals surface area (Å²) in [7, 11) is 1.49. The number of hydrogen-bond acceptors (Lipinski definition) is 6. The van der Waals surface area contributed by atoms with Crippen molar-refractivity contribution < 1.29 is 18.7 Å². The molecule has 1 amide bonds. The molecule has 142 valence electrons. The zero-order valence-electron chi connectivity index (χ0n) is 14.5. The van der Waals surface area contributed by atoms with Crippen LogP contribution in [0.2, 0.25) is 0 Å². The summed E-state index contributed by atoms with van der Waals surface area (Å²) in [6.45, 7) is -0.114. The van der Waals surface area contributed by atoms with Crippen LogP contribution < -0.4 is 14.8 Å². The summed E-state index contributed by atoms with van der Waals surface area (Å²) in [4.78, 5) is 17.0. The van der Waals surface area contributed by atoms with Crippen molar-refractivity contribution in [2.45, 2.75) is 0 Å². The van der Waals surface area contributed by atoms with E-state index in [2.05, 4.69) is 26.2 Å². The number of methoxy groups -OCH3 is 1. The largest absolute Gasteiger partial charge is 0.493 e. The van der Waals surface area contributed by atoms with Gasteiger partial charge >= 0.3 is 0 Å². The molecular formula is C19H13BrFN3O3S. The van der Waals surface area contributed by atoms with E-state index in [1.165, 1.54) is 43.1 Å². The third-order valence-corrected chi connectivity index (χ3v) is 5.04. The highest BCUT2D eigenvalue weighted by Crippen LogP contribution is 2.38. The van der Waals surface area contributed by atoms with Crippen LogP contribution in [0.5, 0.6) is 11.5 Å². The van der Waals surface area contributed by atoms with Gasteiger partial charge in [-0.1, -0.05) is 0 Å². The summed E-state index contributed by atoms with van der Waals surface area (Å²) < 4.78 is 24.3. The Kier molecular flexibility index (Phi) is 6.34. The number of rotatable bonds is 5. The van der Waals surface area contributed by atoms with Crippen LogP contribution in [-0.4, -0.2) is 24.8 Å². The number of nitrogens with one attached hydrogen (secondary N) is 1. The molecule has 3 rings (SSSR count). The van der Waals surface area contributed by atoms with Crippen molar-refractivity contribution in [1.29, 1.82) is 5.26 Å². The maximum atomic E-state index is 13.0. The number of halogens is 2. The maximum absolute atomic E-state index is 13.0. The van der Waals surface area contributed by atoms with E-state index in [1.807, 2.05) is 6.07 Å². The lowest BCUT2D eigenvalue weighted by Crippen LogP contribution is -2.19. The van der Waals surface area contributed by atoms with Crippen LogP contribution in [0, 0.1) is 17.1 Å². The van der Waals surface area contributed by atoms with E-state index in [4.69, 9.17) is 14.7 Å². The lowest BCUT2D eigenvalue weighted by molar-refractivity contribution is -0.115. The summed E-state index contributed by atoms with van der Waals surface area (Å²) in [6.07, 6.45) is 1.69. The average molecular weight is 462 g/mol. The van der Waals surface area contributed by atoms with Crippen molar-refractivity contribution in [3.63, 3.8) is 0 Å². The van der Waals surface area contributed by atoms with E-state index >= 15 is 0 Å². The predicted molar refractivity (Wildman–Crippen MR) is 109 cm³/mol. The molecule has 0 aromatic heterocycles. The van der Waals surface area contributed by atoms with Crippen LogP contribution in [0.1, 0.15) is 5.56 Å². The number of nitrogens with zero attached hydrogens (tertiary/aromatic N) is 2. The summed E-state index contributed by atoms with van der Waals surface area (Å²) in [5.74, 6) is 0.202. The number of hydrogen-bond donors (Lipinski definition) is 1. The van der Waals surface area contributed by atoms with Crippen molar-refractivity contribution in [3.05, 3.63) is 57.2 Å². The maximum Gasteiger partial charge on any atom is 0.264 e. The van der Waals surface area contributed by atoms with E-state index < -0.39 is 0 Å². The number of nitriles is 1. The predicted octanol–water partition coefficient (Wildman–Crippen LogP) is 4.39. The van der Waals surface area contributed by atoms with E-state index in [0.717, 1.165) is 0 Å². The van der Waals surface area contributed by atoms with Crippen molar-refractivity contribution >= 4 is 50.5 Å². The molecule has 0 saturated carbocycles. The minimum Gasteiger partial charge on any atom is -0.493 e. The molecule has 0 aliphatic carbocycles. The van der Waals surface area contributed by atoms with Crippen molar-refractivity contribution in [2.24, 2.45) is 4.99 Å². The summed E-state index contributed by atoms with van der Waals surface area (Å²) >= 11 is 4.57. The number of ether oxygens (including phenoxy) is 2. The fraction of sp³-hybridized carbons (Fsp3) is 0.105. The molecule has 0 bridgehead atoms. The van der Waals surface area contributed by atoms with Gasteiger partial charge in [0, 0.05) is 0 Å². The highest BCUT2D eigenvalue weighted by Gasteiger charge is 2.24. The van der Waals surface area contributed by atoms with Crippen molar-refractivity contribution in [1.82, 2.24) is 5.32 Å². The van der Waals surface area contributed by atoms with E-state index in [0.29, 0.717) is 37.3 Å². The Morgan fingerprint density at radius 2 is 2.11 bits per heavy atom. The quantitative estimate of drug-likeness (QED) is 0.667. The summed E-state index contributed by atoms with van der Waals surface area (Å²) in [6, 6.07) is 11.0.